The maximum absolute atomic E-state index is 12.6. The zero-order chi connectivity index (χ0) is 7.07. The molecule has 0 heterocycles. The Labute approximate surface area is 63.8 Å². The molecule has 0 unspecified atom stereocenters. The van der Waals surface area contributed by atoms with Gasteiger partial charge in [0.05, 0.1) is 0 Å². The highest BCUT2D eigenvalue weighted by Crippen LogP contribution is 2.34. The second kappa shape index (κ2) is 2.72. The number of carbonyl (C=O) groups is 1. The quantitative estimate of drug-likeness (QED) is 0.595. The van der Waals surface area contributed by atoms with E-state index in [0.29, 0.717) is 0 Å². The summed E-state index contributed by atoms with van der Waals surface area (Å²) in [6.45, 7) is 0. The average molecular weight is 170 g/mol. The van der Waals surface area contributed by atoms with Crippen molar-refractivity contribution in [1.29, 1.82) is 0 Å². The van der Waals surface area contributed by atoms with Gasteiger partial charge in [0.25, 0.3) is 0 Å². The SMILES string of the molecule is Cl.NC1CC(F)(C(=O)O)C1. The lowest BCUT2D eigenvalue weighted by Crippen LogP contribution is -2.53. The van der Waals surface area contributed by atoms with Crippen molar-refractivity contribution < 1.29 is 14.3 Å². The Kier molecular flexibility index (Phi) is 2.62. The van der Waals surface area contributed by atoms with Gasteiger partial charge in [0, 0.05) is 18.9 Å². The van der Waals surface area contributed by atoms with Gasteiger partial charge in [-0.1, -0.05) is 0 Å². The van der Waals surface area contributed by atoms with E-state index in [2.05, 4.69) is 0 Å². The van der Waals surface area contributed by atoms with Crippen LogP contribution in [0, 0.1) is 0 Å². The molecular formula is C5H9ClFNO2. The minimum atomic E-state index is -2.01. The number of nitrogens with two attached hydrogens (primary N) is 1. The third kappa shape index (κ3) is 1.38. The average Bonchev–Trinajstić information content (AvgIpc) is 1.62. The van der Waals surface area contributed by atoms with Crippen molar-refractivity contribution in [3.05, 3.63) is 0 Å². The van der Waals surface area contributed by atoms with Crippen molar-refractivity contribution in [3.8, 4) is 0 Å². The number of rotatable bonds is 1. The van der Waals surface area contributed by atoms with E-state index in [-0.39, 0.29) is 31.3 Å². The molecule has 1 fully saturated rings. The number of aliphatic carboxylic acids is 1. The monoisotopic (exact) mass is 169 g/mol. The van der Waals surface area contributed by atoms with Crippen LogP contribution in [0.3, 0.4) is 0 Å². The summed E-state index contributed by atoms with van der Waals surface area (Å²) in [4.78, 5) is 10.0. The van der Waals surface area contributed by atoms with E-state index in [1.54, 1.807) is 0 Å². The summed E-state index contributed by atoms with van der Waals surface area (Å²) in [6.07, 6.45) is -0.0787. The molecule has 1 saturated carbocycles. The number of carboxylic acids is 1. The molecular weight excluding hydrogens is 161 g/mol. The fourth-order valence-corrected chi connectivity index (χ4v) is 0.946. The number of alkyl halides is 1. The van der Waals surface area contributed by atoms with Crippen molar-refractivity contribution in [1.82, 2.24) is 0 Å². The first-order valence-corrected chi connectivity index (χ1v) is 2.72. The molecule has 0 atom stereocenters. The predicted molar refractivity (Wildman–Crippen MR) is 35.9 cm³/mol. The molecule has 1 aliphatic rings. The van der Waals surface area contributed by atoms with Crippen LogP contribution in [-0.2, 0) is 4.79 Å². The molecule has 0 saturated heterocycles. The molecule has 3 N–H and O–H groups in total. The standard InChI is InChI=1S/C5H8FNO2.ClH/c6-5(4(8)9)1-3(7)2-5;/h3H,1-2,7H2,(H,8,9);1H. The Bertz CT molecular complexity index is 147. The van der Waals surface area contributed by atoms with Crippen molar-refractivity contribution in [2.75, 3.05) is 0 Å². The lowest BCUT2D eigenvalue weighted by molar-refractivity contribution is -0.158. The van der Waals surface area contributed by atoms with E-state index < -0.39 is 11.6 Å². The van der Waals surface area contributed by atoms with Crippen LogP contribution < -0.4 is 5.73 Å². The Hall–Kier alpha value is -0.350. The first kappa shape index (κ1) is 9.65. The molecule has 0 aromatic carbocycles. The molecule has 0 radical (unpaired) electrons. The molecule has 0 aromatic heterocycles. The topological polar surface area (TPSA) is 63.3 Å². The Morgan fingerprint density at radius 2 is 2.10 bits per heavy atom. The molecule has 10 heavy (non-hydrogen) atoms. The van der Waals surface area contributed by atoms with Crippen LogP contribution in [0.1, 0.15) is 12.8 Å². The van der Waals surface area contributed by atoms with Gasteiger partial charge < -0.3 is 10.8 Å². The van der Waals surface area contributed by atoms with E-state index in [0.717, 1.165) is 0 Å². The fraction of sp³-hybridized carbons (Fsp3) is 0.800. The lowest BCUT2D eigenvalue weighted by atomic mass is 9.78. The van der Waals surface area contributed by atoms with E-state index in [1.807, 2.05) is 0 Å². The highest BCUT2D eigenvalue weighted by Gasteiger charge is 2.49. The summed E-state index contributed by atoms with van der Waals surface area (Å²) in [5.74, 6) is -1.38. The first-order valence-electron chi connectivity index (χ1n) is 2.72. The highest BCUT2D eigenvalue weighted by molar-refractivity contribution is 5.85. The van der Waals surface area contributed by atoms with E-state index in [4.69, 9.17) is 10.8 Å². The van der Waals surface area contributed by atoms with Crippen LogP contribution in [0.5, 0.6) is 0 Å². The number of hydrogen-bond acceptors (Lipinski definition) is 2. The summed E-state index contributed by atoms with van der Waals surface area (Å²) in [7, 11) is 0. The normalized spacial score (nSPS) is 37.6. The van der Waals surface area contributed by atoms with Gasteiger partial charge in [-0.25, -0.2) is 9.18 Å². The molecule has 1 aliphatic carbocycles. The largest absolute Gasteiger partial charge is 0.479 e. The Morgan fingerprint density at radius 3 is 2.20 bits per heavy atom. The molecule has 0 aliphatic heterocycles. The Morgan fingerprint density at radius 1 is 1.70 bits per heavy atom. The summed E-state index contributed by atoms with van der Waals surface area (Å²) in [5.41, 5.74) is 3.17. The second-order valence-corrected chi connectivity index (χ2v) is 2.44. The summed E-state index contributed by atoms with van der Waals surface area (Å²) >= 11 is 0. The van der Waals surface area contributed by atoms with Crippen molar-refractivity contribution in [3.63, 3.8) is 0 Å². The molecule has 0 amide bonds. The molecule has 3 nitrogen and oxygen atoms in total. The molecule has 0 aromatic rings. The summed E-state index contributed by atoms with van der Waals surface area (Å²) < 4.78 is 12.6. The van der Waals surface area contributed by atoms with Crippen LogP contribution in [0.2, 0.25) is 0 Å². The maximum atomic E-state index is 12.6. The van der Waals surface area contributed by atoms with Gasteiger partial charge in [-0.3, -0.25) is 0 Å². The van der Waals surface area contributed by atoms with Crippen molar-refractivity contribution in [2.45, 2.75) is 24.6 Å². The molecule has 5 heteroatoms. The van der Waals surface area contributed by atoms with Crippen molar-refractivity contribution in [2.24, 2.45) is 5.73 Å². The van der Waals surface area contributed by atoms with E-state index in [9.17, 15) is 9.18 Å². The third-order valence-corrected chi connectivity index (χ3v) is 1.55. The van der Waals surface area contributed by atoms with Gasteiger partial charge in [-0.15, -0.1) is 12.4 Å². The Balaban J connectivity index is 0.000000810. The summed E-state index contributed by atoms with van der Waals surface area (Å²) in [6, 6.07) is -0.258. The molecule has 0 spiro atoms. The third-order valence-electron chi connectivity index (χ3n) is 1.55. The minimum absolute atomic E-state index is 0. The molecule has 0 bridgehead atoms. The number of carboxylic acid groups (broad SMARTS) is 1. The highest BCUT2D eigenvalue weighted by atomic mass is 35.5. The molecule has 60 valence electrons. The number of hydrogen-bond donors (Lipinski definition) is 2. The van der Waals surface area contributed by atoms with E-state index in [1.165, 1.54) is 0 Å². The van der Waals surface area contributed by atoms with Gasteiger partial charge in [-0.2, -0.15) is 0 Å². The van der Waals surface area contributed by atoms with Gasteiger partial charge >= 0.3 is 5.97 Å². The van der Waals surface area contributed by atoms with Crippen LogP contribution >= 0.6 is 12.4 Å². The van der Waals surface area contributed by atoms with Gasteiger partial charge in [0.2, 0.25) is 5.67 Å². The van der Waals surface area contributed by atoms with Crippen LogP contribution in [0.4, 0.5) is 4.39 Å². The van der Waals surface area contributed by atoms with Gasteiger partial charge in [-0.05, 0) is 0 Å². The van der Waals surface area contributed by atoms with Crippen molar-refractivity contribution >= 4 is 18.4 Å². The predicted octanol–water partition coefficient (Wildman–Crippen LogP) is 0.322. The zero-order valence-electron chi connectivity index (χ0n) is 5.21. The van der Waals surface area contributed by atoms with Crippen LogP contribution in [-0.4, -0.2) is 22.8 Å². The molecule has 1 rings (SSSR count). The number of halogens is 2. The van der Waals surface area contributed by atoms with Gasteiger partial charge in [0.1, 0.15) is 0 Å². The maximum Gasteiger partial charge on any atom is 0.341 e. The van der Waals surface area contributed by atoms with Crippen LogP contribution in [0.25, 0.3) is 0 Å². The lowest BCUT2D eigenvalue weighted by Gasteiger charge is -2.35. The van der Waals surface area contributed by atoms with Gasteiger partial charge in [0.15, 0.2) is 0 Å². The smallest absolute Gasteiger partial charge is 0.341 e. The van der Waals surface area contributed by atoms with Crippen LogP contribution in [0.15, 0.2) is 0 Å². The fourth-order valence-electron chi connectivity index (χ4n) is 0.946. The van der Waals surface area contributed by atoms with E-state index >= 15 is 0 Å². The zero-order valence-corrected chi connectivity index (χ0v) is 6.03. The summed E-state index contributed by atoms with van der Waals surface area (Å²) in [5, 5.41) is 8.18. The minimum Gasteiger partial charge on any atom is -0.479 e. The first-order chi connectivity index (χ1) is 4.04. The second-order valence-electron chi connectivity index (χ2n) is 2.44.